The quantitative estimate of drug-likeness (QED) is 0.108. The maximum Gasteiger partial charge on any atom is 0.418 e. The Morgan fingerprint density at radius 2 is 1.55 bits per heavy atom. The largest absolute Gasteiger partial charge is 0.456 e. The van der Waals surface area contributed by atoms with Crippen molar-refractivity contribution < 1.29 is 31.1 Å². The molecule has 2 N–H and O–H groups in total. The van der Waals surface area contributed by atoms with Gasteiger partial charge in [-0.2, -0.15) is 13.2 Å². The average molecular weight is 806 g/mol. The predicted octanol–water partition coefficient (Wildman–Crippen LogP) is 8.62. The Morgan fingerprint density at radius 1 is 0.857 bits per heavy atom. The third-order valence-electron chi connectivity index (χ3n) is 9.42. The van der Waals surface area contributed by atoms with Gasteiger partial charge in [0.25, 0.3) is 15.9 Å². The summed E-state index contributed by atoms with van der Waals surface area (Å²) in [6, 6.07) is 32.3. The molecule has 1 heterocycles. The molecule has 0 unspecified atom stereocenters. The first-order valence-corrected chi connectivity index (χ1v) is 20.0. The summed E-state index contributed by atoms with van der Waals surface area (Å²) >= 11 is 6.13. The molecule has 0 spiro atoms. The average Bonchev–Trinajstić information content (AvgIpc) is 3.17. The molecule has 1 amide bonds. The van der Waals surface area contributed by atoms with Crippen molar-refractivity contribution in [3.05, 3.63) is 137 Å². The Kier molecular flexibility index (Phi) is 12.9. The summed E-state index contributed by atoms with van der Waals surface area (Å²) in [5, 5.41) is 3.43. The van der Waals surface area contributed by atoms with Crippen LogP contribution >= 0.6 is 11.6 Å². The number of carbonyl (C=O) groups is 1. The molecule has 0 atom stereocenters. The van der Waals surface area contributed by atoms with Crippen LogP contribution < -0.4 is 19.7 Å². The number of alkyl halides is 3. The highest BCUT2D eigenvalue weighted by Crippen LogP contribution is 2.37. The van der Waals surface area contributed by atoms with E-state index in [2.05, 4.69) is 27.2 Å². The first-order valence-electron chi connectivity index (χ1n) is 18.1. The predicted molar refractivity (Wildman–Crippen MR) is 215 cm³/mol. The number of para-hydroxylation sites is 1. The van der Waals surface area contributed by atoms with E-state index < -0.39 is 32.6 Å². The number of rotatable bonds is 14. The molecule has 56 heavy (non-hydrogen) atoms. The van der Waals surface area contributed by atoms with E-state index in [9.17, 15) is 26.4 Å². The van der Waals surface area contributed by atoms with E-state index in [1.165, 1.54) is 11.6 Å². The van der Waals surface area contributed by atoms with Gasteiger partial charge in [-0.3, -0.25) is 9.69 Å². The van der Waals surface area contributed by atoms with Gasteiger partial charge in [-0.25, -0.2) is 13.1 Å². The standard InChI is InChI=1S/C42H43ClF3N5O4S/c1-49(2)22-8-21-47-39-20-18-35(28-38(39)42(44,45)46)56(53,54)48-41(52)37-19-17-33(27-40(37)55-34-10-4-3-5-11-34)51-25-23-50(24-26-51)29-31-9-6-7-12-36(31)30-13-15-32(43)16-14-30/h3-7,9-20,27-28,47H,8,21-26,29H2,1-2H3,(H,48,52). The Bertz CT molecular complexity index is 2230. The van der Waals surface area contributed by atoms with Crippen LogP contribution in [0.3, 0.4) is 0 Å². The fourth-order valence-corrected chi connectivity index (χ4v) is 7.62. The Morgan fingerprint density at radius 3 is 2.25 bits per heavy atom. The van der Waals surface area contributed by atoms with Crippen LogP contribution in [0.15, 0.2) is 120 Å². The minimum absolute atomic E-state index is 0.0916. The lowest BCUT2D eigenvalue weighted by molar-refractivity contribution is -0.137. The molecule has 1 saturated heterocycles. The van der Waals surface area contributed by atoms with Crippen LogP contribution in [0.4, 0.5) is 24.5 Å². The third-order valence-corrected chi connectivity index (χ3v) is 11.0. The van der Waals surface area contributed by atoms with Crippen LogP contribution in [-0.4, -0.2) is 77.5 Å². The third kappa shape index (κ3) is 10.4. The van der Waals surface area contributed by atoms with E-state index in [0.29, 0.717) is 42.9 Å². The van der Waals surface area contributed by atoms with Crippen LogP contribution in [0.1, 0.15) is 27.9 Å². The second-order valence-electron chi connectivity index (χ2n) is 13.7. The monoisotopic (exact) mass is 805 g/mol. The van der Waals surface area contributed by atoms with Gasteiger partial charge in [-0.1, -0.05) is 66.2 Å². The molecule has 1 aliphatic rings. The highest BCUT2D eigenvalue weighted by molar-refractivity contribution is 7.90. The van der Waals surface area contributed by atoms with Crippen LogP contribution in [0, 0.1) is 0 Å². The van der Waals surface area contributed by atoms with E-state index in [1.54, 1.807) is 42.5 Å². The summed E-state index contributed by atoms with van der Waals surface area (Å²) in [6.45, 7) is 4.53. The Balaban J connectivity index is 1.18. The molecule has 5 aromatic rings. The molecule has 0 radical (unpaired) electrons. The maximum atomic E-state index is 14.1. The molecule has 1 aliphatic heterocycles. The number of carbonyl (C=O) groups excluding carboxylic acids is 1. The number of hydrogen-bond donors (Lipinski definition) is 2. The van der Waals surface area contributed by atoms with Crippen molar-refractivity contribution >= 4 is 38.9 Å². The van der Waals surface area contributed by atoms with Gasteiger partial charge >= 0.3 is 6.18 Å². The summed E-state index contributed by atoms with van der Waals surface area (Å²) in [6.07, 6.45) is -4.27. The number of benzene rings is 5. The van der Waals surface area contributed by atoms with Crippen molar-refractivity contribution in [2.24, 2.45) is 0 Å². The molecule has 0 aliphatic carbocycles. The second kappa shape index (κ2) is 17.8. The number of amides is 1. The normalized spacial score (nSPS) is 13.8. The van der Waals surface area contributed by atoms with Gasteiger partial charge in [0.2, 0.25) is 0 Å². The van der Waals surface area contributed by atoms with Crippen molar-refractivity contribution in [2.75, 3.05) is 63.6 Å². The zero-order chi connectivity index (χ0) is 39.9. The summed E-state index contributed by atoms with van der Waals surface area (Å²) in [4.78, 5) is 19.4. The molecule has 14 heteroatoms. The van der Waals surface area contributed by atoms with Crippen LogP contribution in [0.5, 0.6) is 11.5 Å². The molecule has 0 aromatic heterocycles. The van der Waals surface area contributed by atoms with Crippen LogP contribution in [-0.2, 0) is 22.7 Å². The smallest absolute Gasteiger partial charge is 0.418 e. The minimum atomic E-state index is -4.85. The SMILES string of the molecule is CN(C)CCCNc1ccc(S(=O)(=O)NC(=O)c2ccc(N3CCN(Cc4ccccc4-c4ccc(Cl)cc4)CC3)cc2Oc2ccccc2)cc1C(F)(F)F. The highest BCUT2D eigenvalue weighted by atomic mass is 35.5. The molecular weight excluding hydrogens is 763 g/mol. The van der Waals surface area contributed by atoms with E-state index >= 15 is 0 Å². The summed E-state index contributed by atoms with van der Waals surface area (Å²) in [5.41, 5.74) is 2.69. The number of sulfonamides is 1. The number of ether oxygens (including phenoxy) is 1. The zero-order valence-electron chi connectivity index (χ0n) is 31.0. The Labute approximate surface area is 330 Å². The van der Waals surface area contributed by atoms with E-state index in [0.717, 1.165) is 48.6 Å². The number of piperazine rings is 1. The number of nitrogens with one attached hydrogen (secondary N) is 2. The molecule has 6 rings (SSSR count). The van der Waals surface area contributed by atoms with Gasteiger partial charge in [-0.15, -0.1) is 0 Å². The minimum Gasteiger partial charge on any atom is -0.456 e. The lowest BCUT2D eigenvalue weighted by Gasteiger charge is -2.36. The summed E-state index contributed by atoms with van der Waals surface area (Å²) < 4.78 is 77.2. The number of anilines is 2. The fourth-order valence-electron chi connectivity index (χ4n) is 6.50. The van der Waals surface area contributed by atoms with Crippen molar-refractivity contribution in [2.45, 2.75) is 24.0 Å². The number of hydrogen-bond acceptors (Lipinski definition) is 8. The molecule has 1 fully saturated rings. The molecular formula is C42H43ClF3N5O4S. The summed E-state index contributed by atoms with van der Waals surface area (Å²) in [5.74, 6) is -0.547. The topological polar surface area (TPSA) is 94.2 Å². The van der Waals surface area contributed by atoms with E-state index in [1.807, 2.05) is 60.1 Å². The van der Waals surface area contributed by atoms with E-state index in [4.69, 9.17) is 16.3 Å². The highest BCUT2D eigenvalue weighted by Gasteiger charge is 2.35. The van der Waals surface area contributed by atoms with Crippen LogP contribution in [0.25, 0.3) is 11.1 Å². The van der Waals surface area contributed by atoms with Gasteiger partial charge in [0.1, 0.15) is 11.5 Å². The molecule has 294 valence electrons. The lowest BCUT2D eigenvalue weighted by atomic mass is 9.99. The zero-order valence-corrected chi connectivity index (χ0v) is 32.6. The molecule has 0 saturated carbocycles. The summed E-state index contributed by atoms with van der Waals surface area (Å²) in [7, 11) is -1.02. The van der Waals surface area contributed by atoms with Crippen LogP contribution in [0.2, 0.25) is 5.02 Å². The van der Waals surface area contributed by atoms with Gasteiger partial charge in [-0.05, 0) is 98.3 Å². The molecule has 5 aromatic carbocycles. The van der Waals surface area contributed by atoms with Gasteiger partial charge in [0, 0.05) is 61.7 Å². The molecule has 0 bridgehead atoms. The number of nitrogens with zero attached hydrogens (tertiary/aromatic N) is 3. The van der Waals surface area contributed by atoms with Crippen molar-refractivity contribution in [3.63, 3.8) is 0 Å². The van der Waals surface area contributed by atoms with Crippen molar-refractivity contribution in [1.29, 1.82) is 0 Å². The first kappa shape index (κ1) is 40.6. The maximum absolute atomic E-state index is 14.1. The first-order chi connectivity index (χ1) is 26.8. The van der Waals surface area contributed by atoms with E-state index in [-0.39, 0.29) is 23.5 Å². The van der Waals surface area contributed by atoms with Crippen molar-refractivity contribution in [3.8, 4) is 22.6 Å². The molecule has 9 nitrogen and oxygen atoms in total. The number of halogens is 4. The van der Waals surface area contributed by atoms with Gasteiger partial charge in [0.15, 0.2) is 0 Å². The second-order valence-corrected chi connectivity index (χ2v) is 15.9. The van der Waals surface area contributed by atoms with Crippen molar-refractivity contribution in [1.82, 2.24) is 14.5 Å². The lowest BCUT2D eigenvalue weighted by Crippen LogP contribution is -2.46. The van der Waals surface area contributed by atoms with Gasteiger partial charge < -0.3 is 19.9 Å². The fraction of sp³-hybridized carbons (Fsp3) is 0.262. The van der Waals surface area contributed by atoms with Gasteiger partial charge in [0.05, 0.1) is 16.0 Å². The Hall–Kier alpha value is -5.08.